The minimum absolute atomic E-state index is 0.00285. The van der Waals surface area contributed by atoms with Crippen LogP contribution in [0.1, 0.15) is 29.7 Å². The second-order valence-electron chi connectivity index (χ2n) is 4.42. The average molecular weight is 298 g/mol. The Balaban J connectivity index is 3.31. The van der Waals surface area contributed by atoms with Gasteiger partial charge in [0.15, 0.2) is 0 Å². The van der Waals surface area contributed by atoms with Crippen molar-refractivity contribution in [3.05, 3.63) is 33.8 Å². The van der Waals surface area contributed by atoms with Crippen LogP contribution < -0.4 is 5.32 Å². The number of hydrogen-bond donors (Lipinski definition) is 1. The summed E-state index contributed by atoms with van der Waals surface area (Å²) in [4.78, 5) is 0. The van der Waals surface area contributed by atoms with Gasteiger partial charge in [0.2, 0.25) is 0 Å². The van der Waals surface area contributed by atoms with Crippen LogP contribution in [0, 0.1) is 13.8 Å². The zero-order chi connectivity index (χ0) is 14.8. The fraction of sp³-hybridized carbons (Fsp3) is 0.538. The van der Waals surface area contributed by atoms with Crippen molar-refractivity contribution in [1.82, 2.24) is 5.32 Å². The van der Waals surface area contributed by atoms with Crippen LogP contribution >= 0.6 is 11.6 Å². The van der Waals surface area contributed by atoms with Crippen LogP contribution in [-0.4, -0.2) is 18.9 Å². The highest BCUT2D eigenvalue weighted by atomic mass is 35.5. The predicted molar refractivity (Wildman–Crippen MR) is 68.3 cm³/mol. The first-order valence-electron chi connectivity index (χ1n) is 5.87. The third-order valence-corrected chi connectivity index (χ3v) is 3.34. The maximum atomic E-state index is 13.6. The van der Waals surface area contributed by atoms with Gasteiger partial charge in [-0.2, -0.15) is 8.78 Å². The Hall–Kier alpha value is -0.810. The molecule has 0 heterocycles. The van der Waals surface area contributed by atoms with Crippen LogP contribution in [0.4, 0.5) is 17.6 Å². The molecule has 0 spiro atoms. The van der Waals surface area contributed by atoms with E-state index in [0.717, 1.165) is 11.1 Å². The lowest BCUT2D eigenvalue weighted by Gasteiger charge is -2.28. The lowest BCUT2D eigenvalue weighted by Crippen LogP contribution is -2.42. The Morgan fingerprint density at radius 1 is 1.21 bits per heavy atom. The van der Waals surface area contributed by atoms with E-state index in [-0.39, 0.29) is 17.1 Å². The second kappa shape index (κ2) is 6.09. The van der Waals surface area contributed by atoms with Crippen molar-refractivity contribution in [1.29, 1.82) is 0 Å². The molecule has 0 aromatic heterocycles. The van der Waals surface area contributed by atoms with E-state index >= 15 is 0 Å². The van der Waals surface area contributed by atoms with E-state index in [2.05, 4.69) is 5.32 Å². The molecule has 19 heavy (non-hydrogen) atoms. The first kappa shape index (κ1) is 16.2. The highest BCUT2D eigenvalue weighted by Crippen LogP contribution is 2.39. The Bertz CT molecular complexity index is 449. The molecule has 0 amide bonds. The molecule has 1 atom stereocenters. The third-order valence-electron chi connectivity index (χ3n) is 3.01. The van der Waals surface area contributed by atoms with Crippen molar-refractivity contribution in [2.75, 3.05) is 6.54 Å². The maximum absolute atomic E-state index is 13.6. The molecule has 0 aliphatic carbocycles. The lowest BCUT2D eigenvalue weighted by atomic mass is 9.96. The molecule has 6 heteroatoms. The molecule has 108 valence electrons. The molecule has 0 saturated heterocycles. The van der Waals surface area contributed by atoms with Gasteiger partial charge in [0.1, 0.15) is 6.04 Å². The molecule has 0 bridgehead atoms. The molecule has 1 nitrogen and oxygen atoms in total. The zero-order valence-corrected chi connectivity index (χ0v) is 11.7. The number of halogens is 5. The SMILES string of the molecule is CCNC(c1cc(C)c(C)cc1Cl)C(F)(F)C(F)F. The summed E-state index contributed by atoms with van der Waals surface area (Å²) in [5.74, 6) is -4.18. The molecule has 0 aliphatic rings. The zero-order valence-electron chi connectivity index (χ0n) is 10.9. The Labute approximate surface area is 115 Å². The van der Waals surface area contributed by atoms with Gasteiger partial charge in [0.25, 0.3) is 0 Å². The van der Waals surface area contributed by atoms with Crippen LogP contribution in [0.3, 0.4) is 0 Å². The normalized spacial score (nSPS) is 13.9. The minimum atomic E-state index is -4.18. The van der Waals surface area contributed by atoms with Crippen molar-refractivity contribution in [3.63, 3.8) is 0 Å². The van der Waals surface area contributed by atoms with Crippen LogP contribution in [0.5, 0.6) is 0 Å². The van der Waals surface area contributed by atoms with Crippen LogP contribution in [0.25, 0.3) is 0 Å². The summed E-state index contributed by atoms with van der Waals surface area (Å²) in [6.45, 7) is 5.21. The molecule has 1 rings (SSSR count). The molecule has 0 radical (unpaired) electrons. The van der Waals surface area contributed by atoms with E-state index in [9.17, 15) is 17.6 Å². The molecular formula is C13H16ClF4N. The Morgan fingerprint density at radius 2 is 1.74 bits per heavy atom. The number of rotatable bonds is 5. The van der Waals surface area contributed by atoms with Gasteiger partial charge in [-0.1, -0.05) is 24.6 Å². The molecule has 0 fully saturated rings. The third kappa shape index (κ3) is 3.39. The highest BCUT2D eigenvalue weighted by molar-refractivity contribution is 6.31. The van der Waals surface area contributed by atoms with Crippen LogP contribution in [0.15, 0.2) is 12.1 Å². The molecule has 1 aromatic rings. The largest absolute Gasteiger partial charge is 0.326 e. The van der Waals surface area contributed by atoms with Gasteiger partial charge in [-0.15, -0.1) is 0 Å². The van der Waals surface area contributed by atoms with E-state index in [4.69, 9.17) is 11.6 Å². The molecule has 0 saturated carbocycles. The highest BCUT2D eigenvalue weighted by Gasteiger charge is 2.49. The molecule has 1 aromatic carbocycles. The van der Waals surface area contributed by atoms with Gasteiger partial charge in [-0.25, -0.2) is 8.78 Å². The first-order chi connectivity index (χ1) is 8.71. The van der Waals surface area contributed by atoms with Gasteiger partial charge >= 0.3 is 12.3 Å². The lowest BCUT2D eigenvalue weighted by molar-refractivity contribution is -0.151. The van der Waals surface area contributed by atoms with E-state index in [1.807, 2.05) is 0 Å². The van der Waals surface area contributed by atoms with Crippen molar-refractivity contribution < 1.29 is 17.6 Å². The molecule has 1 N–H and O–H groups in total. The average Bonchev–Trinajstić information content (AvgIpc) is 2.31. The molecule has 0 aliphatic heterocycles. The van der Waals surface area contributed by atoms with Gasteiger partial charge in [-0.3, -0.25) is 0 Å². The van der Waals surface area contributed by atoms with Crippen molar-refractivity contribution in [2.45, 2.75) is 39.2 Å². The summed E-state index contributed by atoms with van der Waals surface area (Å²) >= 11 is 5.92. The van der Waals surface area contributed by atoms with Crippen molar-refractivity contribution in [2.24, 2.45) is 0 Å². The summed E-state index contributed by atoms with van der Waals surface area (Å²) in [6.07, 6.45) is -3.76. The van der Waals surface area contributed by atoms with Gasteiger partial charge < -0.3 is 5.32 Å². The summed E-state index contributed by atoms with van der Waals surface area (Å²) in [5.41, 5.74) is 1.55. The number of alkyl halides is 4. The summed E-state index contributed by atoms with van der Waals surface area (Å²) < 4.78 is 52.3. The van der Waals surface area contributed by atoms with Gasteiger partial charge in [0.05, 0.1) is 0 Å². The topological polar surface area (TPSA) is 12.0 Å². The number of benzene rings is 1. The standard InChI is InChI=1S/C13H16ClF4N/c1-4-19-11(13(17,18)12(15)16)9-5-7(2)8(3)6-10(9)14/h5-6,11-12,19H,4H2,1-3H3. The molecular weight excluding hydrogens is 282 g/mol. The summed E-state index contributed by atoms with van der Waals surface area (Å²) in [6, 6.07) is 1.14. The fourth-order valence-corrected chi connectivity index (χ4v) is 2.14. The second-order valence-corrected chi connectivity index (χ2v) is 4.83. The Morgan fingerprint density at radius 3 is 2.21 bits per heavy atom. The fourth-order valence-electron chi connectivity index (χ4n) is 1.81. The van der Waals surface area contributed by atoms with Crippen molar-refractivity contribution >= 4 is 11.6 Å². The van der Waals surface area contributed by atoms with Gasteiger partial charge in [-0.05, 0) is 43.1 Å². The summed E-state index contributed by atoms with van der Waals surface area (Å²) in [5, 5.41) is 2.46. The maximum Gasteiger partial charge on any atom is 0.326 e. The van der Waals surface area contributed by atoms with E-state index in [1.54, 1.807) is 20.8 Å². The van der Waals surface area contributed by atoms with E-state index in [1.165, 1.54) is 12.1 Å². The van der Waals surface area contributed by atoms with E-state index < -0.39 is 18.4 Å². The predicted octanol–water partition coefficient (Wildman–Crippen LogP) is 4.51. The summed E-state index contributed by atoms with van der Waals surface area (Å²) in [7, 11) is 0. The van der Waals surface area contributed by atoms with Gasteiger partial charge in [0, 0.05) is 5.02 Å². The van der Waals surface area contributed by atoms with Crippen LogP contribution in [-0.2, 0) is 0 Å². The minimum Gasteiger partial charge on any atom is -0.305 e. The first-order valence-corrected chi connectivity index (χ1v) is 6.25. The van der Waals surface area contributed by atoms with E-state index in [0.29, 0.717) is 0 Å². The quantitative estimate of drug-likeness (QED) is 0.789. The Kier molecular flexibility index (Phi) is 5.21. The smallest absolute Gasteiger partial charge is 0.305 e. The number of aryl methyl sites for hydroxylation is 2. The number of nitrogens with one attached hydrogen (secondary N) is 1. The number of hydrogen-bond acceptors (Lipinski definition) is 1. The molecule has 1 unspecified atom stereocenters. The van der Waals surface area contributed by atoms with Crippen LogP contribution in [0.2, 0.25) is 5.02 Å². The monoisotopic (exact) mass is 297 g/mol. The van der Waals surface area contributed by atoms with Crippen molar-refractivity contribution in [3.8, 4) is 0 Å².